The van der Waals surface area contributed by atoms with Crippen molar-refractivity contribution in [2.75, 3.05) is 20.2 Å². The summed E-state index contributed by atoms with van der Waals surface area (Å²) in [4.78, 5) is 32.5. The third kappa shape index (κ3) is 4.23. The third-order valence-corrected chi connectivity index (χ3v) is 6.30. The van der Waals surface area contributed by atoms with Crippen LogP contribution in [0.25, 0.3) is 0 Å². The second-order valence-electron chi connectivity index (χ2n) is 8.26. The van der Waals surface area contributed by atoms with Crippen LogP contribution in [0.5, 0.6) is 5.75 Å². The van der Waals surface area contributed by atoms with Gasteiger partial charge in [0.1, 0.15) is 12.3 Å². The minimum Gasteiger partial charge on any atom is -0.494 e. The normalized spacial score (nSPS) is 21.2. The molecule has 1 atom stereocenters. The van der Waals surface area contributed by atoms with Gasteiger partial charge in [0.05, 0.1) is 18.3 Å². The average molecular weight is 399 g/mol. The summed E-state index contributed by atoms with van der Waals surface area (Å²) in [7, 11) is 1.94. The van der Waals surface area contributed by atoms with E-state index in [4.69, 9.17) is 4.74 Å². The molecule has 1 aliphatic carbocycles. The van der Waals surface area contributed by atoms with Gasteiger partial charge in [0.2, 0.25) is 17.8 Å². The Morgan fingerprint density at radius 2 is 2.10 bits per heavy atom. The fourth-order valence-electron chi connectivity index (χ4n) is 4.48. The highest BCUT2D eigenvalue weighted by Gasteiger charge is 2.34. The first kappa shape index (κ1) is 19.7. The van der Waals surface area contributed by atoms with Crippen LogP contribution >= 0.6 is 0 Å². The van der Waals surface area contributed by atoms with Gasteiger partial charge in [-0.2, -0.15) is 0 Å². The van der Waals surface area contributed by atoms with Gasteiger partial charge in [-0.3, -0.25) is 14.9 Å². The lowest BCUT2D eigenvalue weighted by Crippen LogP contribution is -2.38. The largest absolute Gasteiger partial charge is 0.494 e. The smallest absolute Gasteiger partial charge is 0.246 e. The Hall–Kier alpha value is -2.57. The summed E-state index contributed by atoms with van der Waals surface area (Å²) in [6.07, 6.45) is 7.25. The molecule has 2 fully saturated rings. The molecular weight excluding hydrogens is 368 g/mol. The fourth-order valence-corrected chi connectivity index (χ4v) is 4.48. The second-order valence-corrected chi connectivity index (χ2v) is 8.26. The van der Waals surface area contributed by atoms with Gasteiger partial charge in [-0.25, -0.2) is 4.99 Å². The number of nitrogens with one attached hydrogen (secondary N) is 1. The molecular formula is C22H30N4O3. The number of hydrogen-bond acceptors (Lipinski definition) is 5. The van der Waals surface area contributed by atoms with Crippen LogP contribution in [0.15, 0.2) is 23.2 Å². The van der Waals surface area contributed by atoms with Crippen molar-refractivity contribution >= 4 is 23.5 Å². The summed E-state index contributed by atoms with van der Waals surface area (Å²) in [6.45, 7) is 2.91. The molecule has 0 radical (unpaired) electrons. The number of nitrogens with zero attached hydrogens (tertiary/aromatic N) is 3. The highest BCUT2D eigenvalue weighted by atomic mass is 16.5. The predicted octanol–water partition coefficient (Wildman–Crippen LogP) is 3.13. The zero-order valence-electron chi connectivity index (χ0n) is 17.3. The zero-order valence-corrected chi connectivity index (χ0v) is 17.3. The van der Waals surface area contributed by atoms with Gasteiger partial charge in [-0.05, 0) is 44.4 Å². The van der Waals surface area contributed by atoms with Crippen molar-refractivity contribution in [3.8, 4) is 5.75 Å². The number of hydrogen-bond donors (Lipinski definition) is 1. The summed E-state index contributed by atoms with van der Waals surface area (Å²) in [5, 5.41) is 2.80. The molecule has 3 aliphatic rings. The minimum atomic E-state index is -0.0252. The average Bonchev–Trinajstić information content (AvgIpc) is 3.12. The first-order valence-corrected chi connectivity index (χ1v) is 10.7. The van der Waals surface area contributed by atoms with Crippen molar-refractivity contribution in [3.63, 3.8) is 0 Å². The molecule has 7 nitrogen and oxygen atoms in total. The fraction of sp³-hybridized carbons (Fsp3) is 0.591. The highest BCUT2D eigenvalue weighted by Crippen LogP contribution is 2.37. The monoisotopic (exact) mass is 398 g/mol. The molecule has 1 aromatic carbocycles. The SMILES string of the molecule is CC1c2cc(OCCCC(=O)N(C)C3CCCCC3)ccc2N=C2NC(=O)CN21. The number of amides is 2. The molecule has 2 aliphatic heterocycles. The Morgan fingerprint density at radius 1 is 1.31 bits per heavy atom. The molecule has 1 saturated carbocycles. The van der Waals surface area contributed by atoms with Crippen molar-refractivity contribution in [2.45, 2.75) is 64.0 Å². The van der Waals surface area contributed by atoms with Gasteiger partial charge in [-0.1, -0.05) is 19.3 Å². The minimum absolute atomic E-state index is 0.0252. The van der Waals surface area contributed by atoms with Crippen LogP contribution in [-0.4, -0.2) is 53.8 Å². The number of fused-ring (bicyclic) bond motifs is 2. The van der Waals surface area contributed by atoms with Crippen molar-refractivity contribution in [2.24, 2.45) is 4.99 Å². The lowest BCUT2D eigenvalue weighted by atomic mass is 9.94. The van der Waals surface area contributed by atoms with Crippen LogP contribution in [0, 0.1) is 0 Å². The van der Waals surface area contributed by atoms with E-state index in [0.717, 1.165) is 29.8 Å². The van der Waals surface area contributed by atoms with Gasteiger partial charge in [-0.15, -0.1) is 0 Å². The van der Waals surface area contributed by atoms with Crippen LogP contribution < -0.4 is 10.1 Å². The standard InChI is InChI=1S/C22H30N4O3/c1-15-18-13-17(10-11-19(18)23-22-24-20(27)14-26(15)22)29-12-6-9-21(28)25(2)16-7-4-3-5-8-16/h10-11,13,15-16H,3-9,12,14H2,1-2H3,(H,23,24,27). The molecule has 0 bridgehead atoms. The quantitative estimate of drug-likeness (QED) is 0.747. The van der Waals surface area contributed by atoms with Gasteiger partial charge in [0.25, 0.3) is 0 Å². The molecule has 1 aromatic rings. The molecule has 29 heavy (non-hydrogen) atoms. The van der Waals surface area contributed by atoms with Gasteiger partial charge in [0.15, 0.2) is 0 Å². The summed E-state index contributed by atoms with van der Waals surface area (Å²) in [5.74, 6) is 1.60. The summed E-state index contributed by atoms with van der Waals surface area (Å²) >= 11 is 0. The first-order valence-electron chi connectivity index (χ1n) is 10.7. The molecule has 0 spiro atoms. The van der Waals surface area contributed by atoms with E-state index in [1.165, 1.54) is 19.3 Å². The maximum absolute atomic E-state index is 12.4. The van der Waals surface area contributed by atoms with Gasteiger partial charge in [0, 0.05) is 25.1 Å². The molecule has 2 amide bonds. The number of carbonyl (C=O) groups is 2. The lowest BCUT2D eigenvalue weighted by molar-refractivity contribution is -0.132. The van der Waals surface area contributed by atoms with Crippen LogP contribution in [0.1, 0.15) is 63.5 Å². The molecule has 0 aromatic heterocycles. The number of ether oxygens (including phenoxy) is 1. The second kappa shape index (κ2) is 8.43. The summed E-state index contributed by atoms with van der Waals surface area (Å²) < 4.78 is 5.91. The van der Waals surface area contributed by atoms with E-state index >= 15 is 0 Å². The molecule has 2 heterocycles. The summed E-state index contributed by atoms with van der Waals surface area (Å²) in [6, 6.07) is 6.30. The molecule has 156 valence electrons. The van der Waals surface area contributed by atoms with E-state index in [-0.39, 0.29) is 17.9 Å². The maximum atomic E-state index is 12.4. The first-order chi connectivity index (χ1) is 14.0. The Kier molecular flexibility index (Phi) is 5.74. The summed E-state index contributed by atoms with van der Waals surface area (Å²) in [5.41, 5.74) is 1.92. The Balaban J connectivity index is 1.28. The Bertz CT molecular complexity index is 816. The van der Waals surface area contributed by atoms with E-state index in [0.29, 0.717) is 38.0 Å². The van der Waals surface area contributed by atoms with Crippen molar-refractivity contribution in [3.05, 3.63) is 23.8 Å². The van der Waals surface area contributed by atoms with Crippen LogP contribution in [-0.2, 0) is 9.59 Å². The number of aliphatic imine (C=N–C) groups is 1. The Labute approximate surface area is 172 Å². The molecule has 1 N–H and O–H groups in total. The third-order valence-electron chi connectivity index (χ3n) is 6.30. The topological polar surface area (TPSA) is 74.2 Å². The lowest BCUT2D eigenvalue weighted by Gasteiger charge is -2.31. The molecule has 7 heteroatoms. The van der Waals surface area contributed by atoms with Crippen LogP contribution in [0.4, 0.5) is 5.69 Å². The molecule has 4 rings (SSSR count). The maximum Gasteiger partial charge on any atom is 0.246 e. The van der Waals surface area contributed by atoms with E-state index in [2.05, 4.69) is 17.2 Å². The number of carbonyl (C=O) groups excluding carboxylic acids is 2. The van der Waals surface area contributed by atoms with E-state index in [1.807, 2.05) is 35.0 Å². The van der Waals surface area contributed by atoms with Crippen molar-refractivity contribution in [1.29, 1.82) is 0 Å². The molecule has 1 saturated heterocycles. The van der Waals surface area contributed by atoms with Gasteiger partial charge >= 0.3 is 0 Å². The van der Waals surface area contributed by atoms with Crippen LogP contribution in [0.3, 0.4) is 0 Å². The van der Waals surface area contributed by atoms with Crippen molar-refractivity contribution in [1.82, 2.24) is 15.1 Å². The van der Waals surface area contributed by atoms with E-state index in [1.54, 1.807) is 0 Å². The van der Waals surface area contributed by atoms with Gasteiger partial charge < -0.3 is 14.5 Å². The number of rotatable bonds is 6. The number of guanidine groups is 1. The van der Waals surface area contributed by atoms with Crippen LogP contribution in [0.2, 0.25) is 0 Å². The molecule has 1 unspecified atom stereocenters. The van der Waals surface area contributed by atoms with Crippen molar-refractivity contribution < 1.29 is 14.3 Å². The Morgan fingerprint density at radius 3 is 2.90 bits per heavy atom. The predicted molar refractivity (Wildman–Crippen MR) is 111 cm³/mol. The van der Waals surface area contributed by atoms with E-state index in [9.17, 15) is 9.59 Å². The van der Waals surface area contributed by atoms with E-state index < -0.39 is 0 Å². The number of benzene rings is 1. The highest BCUT2D eigenvalue weighted by molar-refractivity contribution is 6.06. The zero-order chi connectivity index (χ0) is 20.4.